The van der Waals surface area contributed by atoms with E-state index in [1.54, 1.807) is 0 Å². The standard InChI is InChI=1S/C39H66O7S3/c1-7-13-16-30(10-4)21-44-36(40)27-47-24-33-19-34(25-48-28-37(41)45-22-31(11-5)17-14-8-2)39(43)35(20-33)26-49-29-38(42)46-23-32(12-6)18-15-9-3/h19-20,30-32,43H,7-18,21-29H2,1-6H3. The third kappa shape index (κ3) is 21.4. The molecular formula is C39H66O7S3. The Morgan fingerprint density at radius 1 is 0.571 bits per heavy atom. The summed E-state index contributed by atoms with van der Waals surface area (Å²) in [5.41, 5.74) is 2.44. The van der Waals surface area contributed by atoms with Crippen molar-refractivity contribution in [3.05, 3.63) is 28.8 Å². The van der Waals surface area contributed by atoms with Crippen LogP contribution < -0.4 is 0 Å². The lowest BCUT2D eigenvalue weighted by atomic mass is 10.0. The van der Waals surface area contributed by atoms with Gasteiger partial charge >= 0.3 is 17.9 Å². The Morgan fingerprint density at radius 3 is 1.20 bits per heavy atom. The molecule has 1 aromatic carbocycles. The first-order valence-corrected chi connectivity index (χ1v) is 22.2. The van der Waals surface area contributed by atoms with Crippen LogP contribution >= 0.6 is 35.3 Å². The van der Waals surface area contributed by atoms with Crippen LogP contribution in [0.15, 0.2) is 12.1 Å². The quantitative estimate of drug-likeness (QED) is 0.0606. The largest absolute Gasteiger partial charge is 0.507 e. The van der Waals surface area contributed by atoms with Gasteiger partial charge in [0.1, 0.15) is 5.75 Å². The third-order valence-corrected chi connectivity index (χ3v) is 11.7. The van der Waals surface area contributed by atoms with Gasteiger partial charge < -0.3 is 19.3 Å². The minimum Gasteiger partial charge on any atom is -0.507 e. The Labute approximate surface area is 310 Å². The van der Waals surface area contributed by atoms with Crippen LogP contribution in [-0.4, -0.2) is 60.1 Å². The van der Waals surface area contributed by atoms with Crippen molar-refractivity contribution in [1.29, 1.82) is 0 Å². The van der Waals surface area contributed by atoms with E-state index < -0.39 is 0 Å². The minimum atomic E-state index is -0.237. The molecule has 1 N–H and O–H groups in total. The molecule has 0 spiro atoms. The molecule has 0 bridgehead atoms. The van der Waals surface area contributed by atoms with Gasteiger partial charge in [-0.05, 0) is 42.6 Å². The maximum absolute atomic E-state index is 12.5. The van der Waals surface area contributed by atoms with Crippen LogP contribution in [0.3, 0.4) is 0 Å². The van der Waals surface area contributed by atoms with E-state index in [9.17, 15) is 19.5 Å². The maximum Gasteiger partial charge on any atom is 0.315 e. The van der Waals surface area contributed by atoms with Crippen LogP contribution in [0.5, 0.6) is 5.75 Å². The lowest BCUT2D eigenvalue weighted by Gasteiger charge is -2.16. The number of esters is 3. The van der Waals surface area contributed by atoms with E-state index in [1.165, 1.54) is 35.3 Å². The Bertz CT molecular complexity index is 992. The zero-order valence-electron chi connectivity index (χ0n) is 31.4. The fourth-order valence-electron chi connectivity index (χ4n) is 5.33. The lowest BCUT2D eigenvalue weighted by molar-refractivity contribution is -0.142. The van der Waals surface area contributed by atoms with Gasteiger partial charge in [0.2, 0.25) is 0 Å². The molecule has 10 heteroatoms. The first-order valence-electron chi connectivity index (χ1n) is 18.7. The van der Waals surface area contributed by atoms with Crippen LogP contribution in [0.1, 0.15) is 135 Å². The Kier molecular flexibility index (Phi) is 27.0. The molecule has 0 aliphatic rings. The van der Waals surface area contributed by atoms with Gasteiger partial charge in [0.05, 0.1) is 37.1 Å². The van der Waals surface area contributed by atoms with Crippen molar-refractivity contribution in [3.63, 3.8) is 0 Å². The van der Waals surface area contributed by atoms with Gasteiger partial charge in [-0.1, -0.05) is 111 Å². The molecular weight excluding hydrogens is 677 g/mol. The molecule has 7 nitrogen and oxygen atoms in total. The van der Waals surface area contributed by atoms with Gasteiger partial charge in [-0.25, -0.2) is 0 Å². The summed E-state index contributed by atoms with van der Waals surface area (Å²) in [5, 5.41) is 11.2. The van der Waals surface area contributed by atoms with Crippen molar-refractivity contribution in [3.8, 4) is 5.75 Å². The van der Waals surface area contributed by atoms with E-state index in [1.807, 2.05) is 12.1 Å². The molecule has 0 fully saturated rings. The molecule has 0 aromatic heterocycles. The first-order chi connectivity index (χ1) is 23.7. The van der Waals surface area contributed by atoms with Gasteiger partial charge in [-0.2, -0.15) is 0 Å². The number of aromatic hydroxyl groups is 1. The molecule has 1 rings (SSSR count). The van der Waals surface area contributed by atoms with Gasteiger partial charge in [-0.3, -0.25) is 14.4 Å². The molecule has 282 valence electrons. The van der Waals surface area contributed by atoms with Crippen LogP contribution in [0.4, 0.5) is 0 Å². The van der Waals surface area contributed by atoms with Crippen molar-refractivity contribution in [2.24, 2.45) is 17.8 Å². The van der Waals surface area contributed by atoms with Crippen LogP contribution in [0, 0.1) is 17.8 Å². The highest BCUT2D eigenvalue weighted by atomic mass is 32.2. The van der Waals surface area contributed by atoms with Gasteiger partial charge in [-0.15, -0.1) is 35.3 Å². The number of unbranched alkanes of at least 4 members (excludes halogenated alkanes) is 3. The highest BCUT2D eigenvalue weighted by Crippen LogP contribution is 2.32. The summed E-state index contributed by atoms with van der Waals surface area (Å²) in [6.07, 6.45) is 13.0. The predicted molar refractivity (Wildman–Crippen MR) is 209 cm³/mol. The number of hydrogen-bond donors (Lipinski definition) is 1. The van der Waals surface area contributed by atoms with Crippen molar-refractivity contribution in [2.45, 2.75) is 136 Å². The topological polar surface area (TPSA) is 99.1 Å². The molecule has 0 aliphatic heterocycles. The molecule has 0 radical (unpaired) electrons. The number of phenolic OH excluding ortho intramolecular Hbond substituents is 1. The monoisotopic (exact) mass is 742 g/mol. The zero-order chi connectivity index (χ0) is 36.3. The average Bonchev–Trinajstić information content (AvgIpc) is 3.10. The third-order valence-electron chi connectivity index (χ3n) is 8.84. The molecule has 0 saturated carbocycles. The minimum absolute atomic E-state index is 0.184. The van der Waals surface area contributed by atoms with Crippen molar-refractivity contribution in [1.82, 2.24) is 0 Å². The fourth-order valence-corrected chi connectivity index (χ4v) is 7.67. The summed E-state index contributed by atoms with van der Waals surface area (Å²) in [4.78, 5) is 37.5. The molecule has 3 atom stereocenters. The van der Waals surface area contributed by atoms with E-state index in [0.717, 1.165) is 93.7 Å². The van der Waals surface area contributed by atoms with Gasteiger partial charge in [0.25, 0.3) is 0 Å². The number of thioether (sulfide) groups is 3. The molecule has 0 saturated heterocycles. The van der Waals surface area contributed by atoms with Crippen LogP contribution in [0.2, 0.25) is 0 Å². The van der Waals surface area contributed by atoms with Crippen LogP contribution in [-0.2, 0) is 45.9 Å². The lowest BCUT2D eigenvalue weighted by Crippen LogP contribution is -2.15. The summed E-state index contributed by atoms with van der Waals surface area (Å²) in [7, 11) is 0. The summed E-state index contributed by atoms with van der Waals surface area (Å²) >= 11 is 4.32. The number of benzene rings is 1. The van der Waals surface area contributed by atoms with Crippen molar-refractivity contribution >= 4 is 53.2 Å². The van der Waals surface area contributed by atoms with E-state index in [2.05, 4.69) is 41.5 Å². The first kappa shape index (κ1) is 45.5. The fraction of sp³-hybridized carbons (Fsp3) is 0.769. The van der Waals surface area contributed by atoms with Gasteiger partial charge in [0, 0.05) is 28.4 Å². The zero-order valence-corrected chi connectivity index (χ0v) is 33.8. The number of ether oxygens (including phenoxy) is 3. The van der Waals surface area contributed by atoms with Crippen molar-refractivity contribution < 1.29 is 33.7 Å². The number of rotatable bonds is 30. The van der Waals surface area contributed by atoms with Gasteiger partial charge in [0.15, 0.2) is 0 Å². The van der Waals surface area contributed by atoms with E-state index in [0.29, 0.717) is 54.8 Å². The second kappa shape index (κ2) is 29.1. The number of hydrogen-bond acceptors (Lipinski definition) is 10. The number of phenols is 1. The normalized spacial score (nSPS) is 13.1. The molecule has 3 unspecified atom stereocenters. The maximum atomic E-state index is 12.5. The average molecular weight is 743 g/mol. The molecule has 0 amide bonds. The molecule has 0 aliphatic carbocycles. The molecule has 0 heterocycles. The second-order valence-electron chi connectivity index (χ2n) is 13.0. The second-order valence-corrected chi connectivity index (χ2v) is 16.0. The summed E-state index contributed by atoms with van der Waals surface area (Å²) in [6, 6.07) is 3.90. The van der Waals surface area contributed by atoms with Crippen molar-refractivity contribution in [2.75, 3.05) is 37.1 Å². The predicted octanol–water partition coefficient (Wildman–Crippen LogP) is 10.4. The van der Waals surface area contributed by atoms with Crippen LogP contribution in [0.25, 0.3) is 0 Å². The summed E-state index contributed by atoms with van der Waals surface area (Å²) < 4.78 is 16.7. The van der Waals surface area contributed by atoms with E-state index in [4.69, 9.17) is 14.2 Å². The van der Waals surface area contributed by atoms with E-state index >= 15 is 0 Å². The summed E-state index contributed by atoms with van der Waals surface area (Å²) in [6.45, 7) is 14.3. The summed E-state index contributed by atoms with van der Waals surface area (Å²) in [5.74, 6) is 2.83. The smallest absolute Gasteiger partial charge is 0.315 e. The number of carbonyl (C=O) groups excluding carboxylic acids is 3. The Hall–Kier alpha value is -1.52. The molecule has 49 heavy (non-hydrogen) atoms. The highest BCUT2D eigenvalue weighted by Gasteiger charge is 2.16. The Morgan fingerprint density at radius 2 is 0.898 bits per heavy atom. The SMILES string of the molecule is CCCCC(CC)COC(=O)CSCc1cc(CSCC(=O)OCC(CC)CCCC)c(O)c(CSCC(=O)OCC(CC)CCCC)c1. The number of carbonyl (C=O) groups is 3. The molecule has 1 aromatic rings. The highest BCUT2D eigenvalue weighted by molar-refractivity contribution is 7.99. The Balaban J connectivity index is 2.82. The van der Waals surface area contributed by atoms with E-state index in [-0.39, 0.29) is 40.9 Å².